The lowest BCUT2D eigenvalue weighted by Crippen LogP contribution is -2.54. The molecule has 2 N–H and O–H groups in total. The van der Waals surface area contributed by atoms with Crippen LogP contribution in [0.4, 0.5) is 4.79 Å². The van der Waals surface area contributed by atoms with Crippen molar-refractivity contribution in [1.82, 2.24) is 15.5 Å². The van der Waals surface area contributed by atoms with E-state index in [0.717, 1.165) is 18.7 Å². The number of ether oxygens (including phenoxy) is 2. The second-order valence-electron chi connectivity index (χ2n) is 7.60. The minimum atomic E-state index is -0.659. The number of carbonyl (C=O) groups excluding carboxylic acids is 2. The highest BCUT2D eigenvalue weighted by Crippen LogP contribution is 2.09. The number of nitrogens with zero attached hydrogens (tertiary/aromatic N) is 1. The number of rotatable bonds is 7. The molecule has 1 saturated heterocycles. The molecule has 0 aromatic heterocycles. The Kier molecular flexibility index (Phi) is 8.06. The number of amides is 2. The van der Waals surface area contributed by atoms with Crippen LogP contribution in [0.25, 0.3) is 0 Å². The van der Waals surface area contributed by atoms with Gasteiger partial charge in [0.1, 0.15) is 11.6 Å². The third-order valence-electron chi connectivity index (χ3n) is 4.08. The maximum Gasteiger partial charge on any atom is 0.408 e. The van der Waals surface area contributed by atoms with E-state index in [1.165, 1.54) is 0 Å². The number of piperazine rings is 1. The molecule has 150 valence electrons. The highest BCUT2D eigenvalue weighted by molar-refractivity contribution is 5.85. The van der Waals surface area contributed by atoms with Crippen molar-refractivity contribution in [1.29, 1.82) is 0 Å². The number of hydrogen-bond acceptors (Lipinski definition) is 5. The van der Waals surface area contributed by atoms with Gasteiger partial charge in [0, 0.05) is 39.2 Å². The smallest absolute Gasteiger partial charge is 0.408 e. The van der Waals surface area contributed by atoms with Gasteiger partial charge in [0.15, 0.2) is 0 Å². The summed E-state index contributed by atoms with van der Waals surface area (Å²) in [5, 5.41) is 5.94. The van der Waals surface area contributed by atoms with Gasteiger partial charge in [-0.15, -0.1) is 0 Å². The predicted molar refractivity (Wildman–Crippen MR) is 103 cm³/mol. The quantitative estimate of drug-likeness (QED) is 0.710. The summed E-state index contributed by atoms with van der Waals surface area (Å²) in [6.45, 7) is 9.01. The van der Waals surface area contributed by atoms with Crippen LogP contribution in [-0.2, 0) is 20.9 Å². The lowest BCUT2D eigenvalue weighted by molar-refractivity contribution is -0.134. The van der Waals surface area contributed by atoms with Crippen LogP contribution in [0.5, 0.6) is 0 Å². The standard InChI is InChI=1S/C20H31N3O4/c1-20(2,3)27-19(25)22-17(18(24)23-12-10-21-11-13-23)9-14-26-15-16-7-5-4-6-8-16/h4-8,17,21H,9-15H2,1-3H3,(H,22,25)/t17-/m0/s1. The normalized spacial score (nSPS) is 15.9. The van der Waals surface area contributed by atoms with Crippen molar-refractivity contribution in [2.24, 2.45) is 0 Å². The summed E-state index contributed by atoms with van der Waals surface area (Å²) in [7, 11) is 0. The molecule has 0 spiro atoms. The maximum absolute atomic E-state index is 12.8. The summed E-state index contributed by atoms with van der Waals surface area (Å²) < 4.78 is 11.0. The van der Waals surface area contributed by atoms with Gasteiger partial charge in [0.05, 0.1) is 6.61 Å². The summed E-state index contributed by atoms with van der Waals surface area (Å²) in [4.78, 5) is 26.8. The first-order valence-corrected chi connectivity index (χ1v) is 9.46. The lowest BCUT2D eigenvalue weighted by atomic mass is 10.1. The minimum absolute atomic E-state index is 0.0920. The largest absolute Gasteiger partial charge is 0.444 e. The molecule has 2 rings (SSSR count). The molecule has 1 atom stereocenters. The first-order valence-electron chi connectivity index (χ1n) is 9.46. The molecule has 0 radical (unpaired) electrons. The minimum Gasteiger partial charge on any atom is -0.444 e. The molecule has 1 fully saturated rings. The Balaban J connectivity index is 1.89. The van der Waals surface area contributed by atoms with Crippen LogP contribution in [0.3, 0.4) is 0 Å². The molecule has 0 unspecified atom stereocenters. The zero-order valence-corrected chi connectivity index (χ0v) is 16.5. The zero-order chi connectivity index (χ0) is 19.7. The van der Waals surface area contributed by atoms with Crippen LogP contribution in [-0.4, -0.2) is 61.3 Å². The fourth-order valence-electron chi connectivity index (χ4n) is 2.78. The van der Waals surface area contributed by atoms with Gasteiger partial charge in [0.25, 0.3) is 0 Å². The molecule has 1 aliphatic rings. The van der Waals surface area contributed by atoms with Crippen molar-refractivity contribution in [2.45, 2.75) is 45.4 Å². The molecule has 0 aliphatic carbocycles. The van der Waals surface area contributed by atoms with Crippen molar-refractivity contribution >= 4 is 12.0 Å². The summed E-state index contributed by atoms with van der Waals surface area (Å²) in [5.41, 5.74) is 0.457. The van der Waals surface area contributed by atoms with Crippen LogP contribution in [0.15, 0.2) is 30.3 Å². The molecule has 2 amide bonds. The topological polar surface area (TPSA) is 79.9 Å². The van der Waals surface area contributed by atoms with E-state index in [1.807, 2.05) is 30.3 Å². The van der Waals surface area contributed by atoms with Crippen molar-refractivity contribution in [2.75, 3.05) is 32.8 Å². The molecule has 7 heteroatoms. The van der Waals surface area contributed by atoms with Gasteiger partial charge < -0.3 is 25.0 Å². The van der Waals surface area contributed by atoms with Crippen LogP contribution < -0.4 is 10.6 Å². The summed E-state index contributed by atoms with van der Waals surface area (Å²) in [6, 6.07) is 9.19. The van der Waals surface area contributed by atoms with Crippen molar-refractivity contribution in [3.63, 3.8) is 0 Å². The highest BCUT2D eigenvalue weighted by atomic mass is 16.6. The van der Waals surface area contributed by atoms with Gasteiger partial charge in [-0.3, -0.25) is 4.79 Å². The van der Waals surface area contributed by atoms with Crippen LogP contribution in [0, 0.1) is 0 Å². The molecular formula is C20H31N3O4. The number of benzene rings is 1. The van der Waals surface area contributed by atoms with Crippen molar-refractivity contribution < 1.29 is 19.1 Å². The first-order chi connectivity index (χ1) is 12.8. The van der Waals surface area contributed by atoms with Gasteiger partial charge >= 0.3 is 6.09 Å². The second-order valence-corrected chi connectivity index (χ2v) is 7.60. The van der Waals surface area contributed by atoms with E-state index in [1.54, 1.807) is 25.7 Å². The lowest BCUT2D eigenvalue weighted by Gasteiger charge is -2.31. The fraction of sp³-hybridized carbons (Fsp3) is 0.600. The molecule has 0 saturated carbocycles. The number of alkyl carbamates (subject to hydrolysis) is 1. The highest BCUT2D eigenvalue weighted by Gasteiger charge is 2.28. The van der Waals surface area contributed by atoms with Gasteiger partial charge in [-0.25, -0.2) is 4.79 Å². The monoisotopic (exact) mass is 377 g/mol. The van der Waals surface area contributed by atoms with E-state index < -0.39 is 17.7 Å². The SMILES string of the molecule is CC(C)(C)OC(=O)N[C@@H](CCOCc1ccccc1)C(=O)N1CCNCC1. The first kappa shape index (κ1) is 21.2. The Morgan fingerprint density at radius 3 is 2.48 bits per heavy atom. The van der Waals surface area contributed by atoms with Crippen molar-refractivity contribution in [3.8, 4) is 0 Å². The predicted octanol–water partition coefficient (Wildman–Crippen LogP) is 1.92. The third-order valence-corrected chi connectivity index (χ3v) is 4.08. The molecular weight excluding hydrogens is 346 g/mol. The Morgan fingerprint density at radius 2 is 1.85 bits per heavy atom. The van der Waals surface area contributed by atoms with Crippen LogP contribution in [0.2, 0.25) is 0 Å². The van der Waals surface area contributed by atoms with Gasteiger partial charge in [-0.1, -0.05) is 30.3 Å². The number of carbonyl (C=O) groups is 2. The van der Waals surface area contributed by atoms with E-state index in [2.05, 4.69) is 10.6 Å². The third kappa shape index (κ3) is 7.97. The average molecular weight is 377 g/mol. The number of nitrogens with one attached hydrogen (secondary N) is 2. The Morgan fingerprint density at radius 1 is 1.19 bits per heavy atom. The van der Waals surface area contributed by atoms with E-state index in [-0.39, 0.29) is 5.91 Å². The second kappa shape index (κ2) is 10.3. The number of hydrogen-bond donors (Lipinski definition) is 2. The summed E-state index contributed by atoms with van der Waals surface area (Å²) in [6.07, 6.45) is -0.187. The van der Waals surface area contributed by atoms with Gasteiger partial charge in [0.2, 0.25) is 5.91 Å². The fourth-order valence-corrected chi connectivity index (χ4v) is 2.78. The molecule has 1 aromatic carbocycles. The Labute approximate surface area is 161 Å². The summed E-state index contributed by atoms with van der Waals surface area (Å²) in [5.74, 6) is -0.0920. The Hall–Kier alpha value is -2.12. The van der Waals surface area contributed by atoms with Crippen LogP contribution in [0.1, 0.15) is 32.8 Å². The van der Waals surface area contributed by atoms with E-state index >= 15 is 0 Å². The average Bonchev–Trinajstić information content (AvgIpc) is 2.63. The molecule has 7 nitrogen and oxygen atoms in total. The molecule has 1 aliphatic heterocycles. The van der Waals surface area contributed by atoms with E-state index in [9.17, 15) is 9.59 Å². The van der Waals surface area contributed by atoms with E-state index in [0.29, 0.717) is 32.7 Å². The molecule has 1 aromatic rings. The zero-order valence-electron chi connectivity index (χ0n) is 16.5. The van der Waals surface area contributed by atoms with Crippen molar-refractivity contribution in [3.05, 3.63) is 35.9 Å². The van der Waals surface area contributed by atoms with Gasteiger partial charge in [-0.05, 0) is 26.3 Å². The van der Waals surface area contributed by atoms with Crippen LogP contribution >= 0.6 is 0 Å². The molecule has 1 heterocycles. The Bertz CT molecular complexity index is 595. The molecule has 27 heavy (non-hydrogen) atoms. The summed E-state index contributed by atoms with van der Waals surface area (Å²) >= 11 is 0. The maximum atomic E-state index is 12.8. The van der Waals surface area contributed by atoms with Gasteiger partial charge in [-0.2, -0.15) is 0 Å². The molecule has 0 bridgehead atoms. The van der Waals surface area contributed by atoms with E-state index in [4.69, 9.17) is 9.47 Å².